The zero-order valence-electron chi connectivity index (χ0n) is 19.9. The molecule has 0 aromatic rings. The average Bonchev–Trinajstić information content (AvgIpc) is 2.55. The van der Waals surface area contributed by atoms with Gasteiger partial charge in [0.1, 0.15) is 0 Å². The van der Waals surface area contributed by atoms with Crippen LogP contribution >= 0.6 is 0 Å². The zero-order chi connectivity index (χ0) is 21.3. The van der Waals surface area contributed by atoms with Crippen LogP contribution in [-0.2, 0) is 13.6 Å². The number of hydrogen-bond acceptors (Lipinski definition) is 4. The lowest BCUT2D eigenvalue weighted by atomic mass is 10.4. The number of likely N-dealkylation sites (N-methyl/N-ethyl adjacent to an activating group) is 1. The van der Waals surface area contributed by atoms with Crippen molar-refractivity contribution >= 4 is 22.6 Å². The highest BCUT2D eigenvalue weighted by molar-refractivity contribution is 6.78. The molecule has 0 heterocycles. The van der Waals surface area contributed by atoms with E-state index in [4.69, 9.17) is 8.85 Å². The second-order valence-corrected chi connectivity index (χ2v) is 19.1. The van der Waals surface area contributed by atoms with Crippen molar-refractivity contribution in [3.05, 3.63) is 0 Å². The number of hydrogen-bond donors (Lipinski definition) is 0. The summed E-state index contributed by atoms with van der Waals surface area (Å²) >= 11 is 0. The molecule has 0 aliphatic heterocycles. The van der Waals surface area contributed by atoms with Gasteiger partial charge in [-0.15, -0.1) is 0 Å². The van der Waals surface area contributed by atoms with E-state index in [1.807, 2.05) is 0 Å². The van der Waals surface area contributed by atoms with Crippen LogP contribution in [0.15, 0.2) is 0 Å². The molecule has 0 aromatic heterocycles. The molecule has 0 rings (SSSR count). The van der Waals surface area contributed by atoms with E-state index in [-0.39, 0.29) is 5.97 Å². The molecule has 0 aromatic carbocycles. The molecule has 0 fully saturated rings. The second-order valence-electron chi connectivity index (χ2n) is 9.37. The van der Waals surface area contributed by atoms with Gasteiger partial charge in [-0.05, 0) is 61.7 Å². The lowest BCUT2D eigenvalue weighted by Gasteiger charge is -2.41. The first-order chi connectivity index (χ1) is 12.4. The van der Waals surface area contributed by atoms with Crippen LogP contribution in [0.25, 0.3) is 0 Å². The molecule has 0 bridgehead atoms. The van der Waals surface area contributed by atoms with E-state index in [0.29, 0.717) is 23.2 Å². The van der Waals surface area contributed by atoms with Gasteiger partial charge in [-0.25, -0.2) is 0 Å². The van der Waals surface area contributed by atoms with Gasteiger partial charge in [-0.2, -0.15) is 0 Å². The smallest absolute Gasteiger partial charge is 0.306 e. The van der Waals surface area contributed by atoms with Crippen LogP contribution < -0.4 is 0 Å². The zero-order valence-corrected chi connectivity index (χ0v) is 21.9. The Kier molecular flexibility index (Phi) is 12.3. The van der Waals surface area contributed by atoms with Gasteiger partial charge in [0, 0.05) is 6.61 Å². The summed E-state index contributed by atoms with van der Waals surface area (Å²) in [4.78, 5) is 15.0. The molecule has 0 radical (unpaired) electrons. The summed E-state index contributed by atoms with van der Waals surface area (Å²) in [7, 11) is -3.70. The molecule has 6 heteroatoms. The largest absolute Gasteiger partial charge is 0.517 e. The molecule has 27 heavy (non-hydrogen) atoms. The number of nitrogens with zero attached hydrogens (tertiary/aromatic N) is 1. The predicted octanol–water partition coefficient (Wildman–Crippen LogP) is 6.05. The molecule has 0 aliphatic rings. The summed E-state index contributed by atoms with van der Waals surface area (Å²) in [5.74, 6) is -0.0293. The van der Waals surface area contributed by atoms with Crippen LogP contribution in [-0.4, -0.2) is 53.7 Å². The lowest BCUT2D eigenvalue weighted by molar-refractivity contribution is -0.137. The molecular weight excluding hydrogens is 370 g/mol. The van der Waals surface area contributed by atoms with Crippen molar-refractivity contribution in [2.45, 2.75) is 104 Å². The highest BCUT2D eigenvalue weighted by atomic mass is 28.4. The normalized spacial score (nSPS) is 13.3. The van der Waals surface area contributed by atoms with Crippen LogP contribution in [0.3, 0.4) is 0 Å². The van der Waals surface area contributed by atoms with Gasteiger partial charge in [0.05, 0.1) is 6.54 Å². The number of carbonyl (C=O) groups is 1. The monoisotopic (exact) mass is 417 g/mol. The Bertz CT molecular complexity index is 404. The Morgan fingerprint density at radius 3 is 1.89 bits per heavy atom. The maximum Gasteiger partial charge on any atom is 0.306 e. The average molecular weight is 418 g/mol. The molecule has 0 N–H and O–H groups in total. The van der Waals surface area contributed by atoms with Crippen LogP contribution in [0.2, 0.25) is 35.8 Å². The second kappa shape index (κ2) is 12.4. The molecule has 4 nitrogen and oxygen atoms in total. The summed E-state index contributed by atoms with van der Waals surface area (Å²) in [6.45, 7) is 25.3. The summed E-state index contributed by atoms with van der Waals surface area (Å²) < 4.78 is 12.4. The van der Waals surface area contributed by atoms with Crippen LogP contribution in [0.5, 0.6) is 0 Å². The fraction of sp³-hybridized carbons (Fsp3) is 0.952. The molecule has 0 atom stereocenters. The Morgan fingerprint density at radius 2 is 1.48 bits per heavy atom. The Hall–Kier alpha value is -0.176. The van der Waals surface area contributed by atoms with Crippen molar-refractivity contribution in [2.24, 2.45) is 0 Å². The Morgan fingerprint density at radius 1 is 0.963 bits per heavy atom. The van der Waals surface area contributed by atoms with Crippen LogP contribution in [0, 0.1) is 0 Å². The van der Waals surface area contributed by atoms with Crippen LogP contribution in [0.1, 0.15) is 68.2 Å². The summed E-state index contributed by atoms with van der Waals surface area (Å²) in [5.41, 5.74) is 1.29. The summed E-state index contributed by atoms with van der Waals surface area (Å²) in [6, 6.07) is 1.14. The lowest BCUT2D eigenvalue weighted by Crippen LogP contribution is -2.50. The van der Waals surface area contributed by atoms with E-state index in [1.54, 1.807) is 0 Å². The fourth-order valence-electron chi connectivity index (χ4n) is 4.29. The van der Waals surface area contributed by atoms with Crippen molar-refractivity contribution in [3.8, 4) is 0 Å². The predicted molar refractivity (Wildman–Crippen MR) is 122 cm³/mol. The van der Waals surface area contributed by atoms with Gasteiger partial charge in [0.15, 0.2) is 8.32 Å². The van der Waals surface area contributed by atoms with E-state index in [0.717, 1.165) is 38.6 Å². The van der Waals surface area contributed by atoms with Crippen molar-refractivity contribution in [3.63, 3.8) is 0 Å². The van der Waals surface area contributed by atoms with E-state index >= 15 is 0 Å². The highest BCUT2D eigenvalue weighted by Crippen LogP contribution is 2.42. The third-order valence-electron chi connectivity index (χ3n) is 5.75. The summed E-state index contributed by atoms with van der Waals surface area (Å²) in [5, 5.41) is 0. The van der Waals surface area contributed by atoms with E-state index in [1.165, 1.54) is 0 Å². The van der Waals surface area contributed by atoms with Crippen molar-refractivity contribution < 1.29 is 13.6 Å². The van der Waals surface area contributed by atoms with Gasteiger partial charge >= 0.3 is 5.97 Å². The molecular formula is C21H47NO3Si2. The van der Waals surface area contributed by atoms with Crippen LogP contribution in [0.4, 0.5) is 0 Å². The molecule has 0 saturated carbocycles. The van der Waals surface area contributed by atoms with E-state index in [2.05, 4.69) is 73.4 Å². The van der Waals surface area contributed by atoms with Gasteiger partial charge in [0.25, 0.3) is 8.32 Å². The number of carbonyl (C=O) groups excluding carboxylic acids is 1. The SMILES string of the molecule is CCCO[Si](C)(C)CCCN(CC)CC(=O)O[Si](C(C)C)(C(C)C)C(C)C. The minimum absolute atomic E-state index is 0.0293. The quantitative estimate of drug-likeness (QED) is 0.322. The van der Waals surface area contributed by atoms with E-state index < -0.39 is 16.6 Å². The highest BCUT2D eigenvalue weighted by Gasteiger charge is 2.48. The molecule has 0 amide bonds. The molecule has 0 saturated heterocycles. The minimum atomic E-state index is -2.14. The third-order valence-corrected chi connectivity index (χ3v) is 14.3. The minimum Gasteiger partial charge on any atom is -0.517 e. The van der Waals surface area contributed by atoms with Crippen molar-refractivity contribution in [1.82, 2.24) is 4.90 Å². The first-order valence-electron chi connectivity index (χ1n) is 11.0. The Labute approximate surface area is 171 Å². The first kappa shape index (κ1) is 26.8. The Balaban J connectivity index is 4.75. The summed E-state index contributed by atoms with van der Waals surface area (Å²) in [6.07, 6.45) is 2.17. The maximum absolute atomic E-state index is 12.8. The van der Waals surface area contributed by atoms with Crippen molar-refractivity contribution in [1.29, 1.82) is 0 Å². The van der Waals surface area contributed by atoms with Gasteiger partial charge in [0.2, 0.25) is 0 Å². The third kappa shape index (κ3) is 8.79. The van der Waals surface area contributed by atoms with Crippen molar-refractivity contribution in [2.75, 3.05) is 26.2 Å². The van der Waals surface area contributed by atoms with Gasteiger partial charge in [-0.1, -0.05) is 55.4 Å². The molecule has 0 spiro atoms. The molecule has 162 valence electrons. The topological polar surface area (TPSA) is 38.8 Å². The van der Waals surface area contributed by atoms with Gasteiger partial charge in [-0.3, -0.25) is 9.69 Å². The molecule has 0 aliphatic carbocycles. The molecule has 0 unspecified atom stereocenters. The standard InChI is InChI=1S/C21H47NO3Si2/c1-11-15-24-26(9,10)16-13-14-22(12-2)17-21(23)25-27(18(3)4,19(5)6)20(7)8/h18-20H,11-17H2,1-10H3. The first-order valence-corrected chi connectivity index (χ1v) is 16.3. The number of rotatable bonds is 14. The maximum atomic E-state index is 12.8. The van der Waals surface area contributed by atoms with E-state index in [9.17, 15) is 4.79 Å². The van der Waals surface area contributed by atoms with Gasteiger partial charge < -0.3 is 8.85 Å². The fourth-order valence-corrected chi connectivity index (χ4v) is 11.4.